The number of aliphatic carboxylic acids is 1. The molecule has 0 saturated heterocycles. The standard InChI is InChI=1S/C21H21NO3/c1-14(2)21(20(23)24,16-8-6-9-18(12-16)25-3)17-11-15-7-4-5-10-19(15)22-13-17/h4-14H,1-3H3,(H,23,24). The molecule has 1 N–H and O–H groups in total. The zero-order valence-corrected chi connectivity index (χ0v) is 14.6. The van der Waals surface area contributed by atoms with Gasteiger partial charge in [0.2, 0.25) is 0 Å². The van der Waals surface area contributed by atoms with Gasteiger partial charge in [-0.25, -0.2) is 0 Å². The summed E-state index contributed by atoms with van der Waals surface area (Å²) in [6.07, 6.45) is 1.68. The number of para-hydroxylation sites is 1. The number of aromatic nitrogens is 1. The molecule has 1 unspecified atom stereocenters. The van der Waals surface area contributed by atoms with Crippen LogP contribution in [0.3, 0.4) is 0 Å². The van der Waals surface area contributed by atoms with Crippen molar-refractivity contribution in [2.24, 2.45) is 5.92 Å². The Bertz CT molecular complexity index is 920. The summed E-state index contributed by atoms with van der Waals surface area (Å²) in [4.78, 5) is 17.0. The van der Waals surface area contributed by atoms with Crippen LogP contribution in [-0.4, -0.2) is 23.2 Å². The Morgan fingerprint density at radius 3 is 2.52 bits per heavy atom. The van der Waals surface area contributed by atoms with Gasteiger partial charge in [0, 0.05) is 11.6 Å². The third-order valence-electron chi connectivity index (χ3n) is 4.77. The maximum atomic E-state index is 12.5. The summed E-state index contributed by atoms with van der Waals surface area (Å²) >= 11 is 0. The van der Waals surface area contributed by atoms with Crippen LogP contribution in [0, 0.1) is 5.92 Å². The van der Waals surface area contributed by atoms with Crippen LogP contribution in [0.25, 0.3) is 10.9 Å². The lowest BCUT2D eigenvalue weighted by atomic mass is 9.67. The molecule has 25 heavy (non-hydrogen) atoms. The number of benzene rings is 2. The summed E-state index contributed by atoms with van der Waals surface area (Å²) in [5.41, 5.74) is 0.999. The first-order valence-electron chi connectivity index (χ1n) is 8.23. The number of ether oxygens (including phenoxy) is 1. The van der Waals surface area contributed by atoms with Crippen molar-refractivity contribution in [1.82, 2.24) is 4.98 Å². The minimum absolute atomic E-state index is 0.180. The van der Waals surface area contributed by atoms with Crippen molar-refractivity contribution in [2.75, 3.05) is 7.11 Å². The van der Waals surface area contributed by atoms with Crippen LogP contribution in [0.15, 0.2) is 60.8 Å². The van der Waals surface area contributed by atoms with Crippen LogP contribution in [-0.2, 0) is 10.2 Å². The van der Waals surface area contributed by atoms with Crippen molar-refractivity contribution in [3.8, 4) is 5.75 Å². The van der Waals surface area contributed by atoms with Gasteiger partial charge in [-0.05, 0) is 41.3 Å². The summed E-state index contributed by atoms with van der Waals surface area (Å²) in [7, 11) is 1.58. The molecule has 3 aromatic rings. The van der Waals surface area contributed by atoms with Gasteiger partial charge in [0.15, 0.2) is 0 Å². The highest BCUT2D eigenvalue weighted by molar-refractivity contribution is 5.89. The maximum absolute atomic E-state index is 12.5. The van der Waals surface area contributed by atoms with Gasteiger partial charge in [-0.3, -0.25) is 9.78 Å². The SMILES string of the molecule is COc1cccc(C(C(=O)O)(c2cnc3ccccc3c2)C(C)C)c1. The molecule has 1 aromatic heterocycles. The average Bonchev–Trinajstić information content (AvgIpc) is 2.62. The van der Waals surface area contributed by atoms with Crippen LogP contribution in [0.1, 0.15) is 25.0 Å². The fourth-order valence-electron chi connectivity index (χ4n) is 3.48. The van der Waals surface area contributed by atoms with Crippen LogP contribution >= 0.6 is 0 Å². The zero-order chi connectivity index (χ0) is 18.0. The smallest absolute Gasteiger partial charge is 0.318 e. The van der Waals surface area contributed by atoms with Crippen LogP contribution in [0.2, 0.25) is 0 Å². The number of carboxylic acids is 1. The number of hydrogen-bond donors (Lipinski definition) is 1. The summed E-state index contributed by atoms with van der Waals surface area (Å²) in [5, 5.41) is 11.2. The van der Waals surface area contributed by atoms with Gasteiger partial charge in [-0.1, -0.05) is 44.2 Å². The van der Waals surface area contributed by atoms with Crippen molar-refractivity contribution in [1.29, 1.82) is 0 Å². The number of hydrogen-bond acceptors (Lipinski definition) is 3. The second-order valence-electron chi connectivity index (χ2n) is 6.42. The van der Waals surface area contributed by atoms with Gasteiger partial charge in [0.25, 0.3) is 0 Å². The number of fused-ring (bicyclic) bond motifs is 1. The molecule has 128 valence electrons. The average molecular weight is 335 g/mol. The summed E-state index contributed by atoms with van der Waals surface area (Å²) in [6, 6.07) is 16.9. The molecule has 0 aliphatic heterocycles. The van der Waals surface area contributed by atoms with Gasteiger partial charge in [0.05, 0.1) is 12.6 Å². The van der Waals surface area contributed by atoms with Crippen molar-refractivity contribution in [3.05, 3.63) is 71.9 Å². The lowest BCUT2D eigenvalue weighted by molar-refractivity contribution is -0.143. The van der Waals surface area contributed by atoms with E-state index in [-0.39, 0.29) is 5.92 Å². The van der Waals surface area contributed by atoms with Crippen LogP contribution < -0.4 is 4.74 Å². The molecule has 0 saturated carbocycles. The van der Waals surface area contributed by atoms with Crippen LogP contribution in [0.5, 0.6) is 5.75 Å². The highest BCUT2D eigenvalue weighted by atomic mass is 16.5. The molecule has 0 bridgehead atoms. The predicted octanol–water partition coefficient (Wildman–Crippen LogP) is 4.27. The van der Waals surface area contributed by atoms with Crippen molar-refractivity contribution in [2.45, 2.75) is 19.3 Å². The Morgan fingerprint density at radius 1 is 1.08 bits per heavy atom. The fourth-order valence-corrected chi connectivity index (χ4v) is 3.48. The molecule has 2 aromatic carbocycles. The summed E-state index contributed by atoms with van der Waals surface area (Å²) in [6.45, 7) is 3.84. The summed E-state index contributed by atoms with van der Waals surface area (Å²) < 4.78 is 5.31. The minimum Gasteiger partial charge on any atom is -0.497 e. The molecular weight excluding hydrogens is 314 g/mol. The zero-order valence-electron chi connectivity index (χ0n) is 14.6. The molecule has 0 spiro atoms. The Kier molecular flexibility index (Phi) is 4.45. The molecule has 0 fully saturated rings. The van der Waals surface area contributed by atoms with E-state index >= 15 is 0 Å². The topological polar surface area (TPSA) is 59.4 Å². The Balaban J connectivity index is 2.31. The first kappa shape index (κ1) is 17.0. The molecule has 1 heterocycles. The number of rotatable bonds is 5. The van der Waals surface area contributed by atoms with Crippen molar-refractivity contribution in [3.63, 3.8) is 0 Å². The van der Waals surface area contributed by atoms with E-state index in [1.165, 1.54) is 0 Å². The normalized spacial score (nSPS) is 13.6. The number of carbonyl (C=O) groups is 1. The molecular formula is C21H21NO3. The van der Waals surface area contributed by atoms with E-state index in [0.717, 1.165) is 10.9 Å². The predicted molar refractivity (Wildman–Crippen MR) is 98.0 cm³/mol. The van der Waals surface area contributed by atoms with E-state index in [2.05, 4.69) is 4.98 Å². The molecule has 3 rings (SSSR count). The van der Waals surface area contributed by atoms with Gasteiger partial charge < -0.3 is 9.84 Å². The van der Waals surface area contributed by atoms with E-state index in [1.807, 2.05) is 62.4 Å². The monoisotopic (exact) mass is 335 g/mol. The molecule has 0 aliphatic rings. The van der Waals surface area contributed by atoms with Gasteiger partial charge in [0.1, 0.15) is 11.2 Å². The number of methoxy groups -OCH3 is 1. The van der Waals surface area contributed by atoms with Crippen molar-refractivity contribution < 1.29 is 14.6 Å². The number of carboxylic acid groups (broad SMARTS) is 1. The van der Waals surface area contributed by atoms with E-state index in [4.69, 9.17) is 4.74 Å². The molecule has 0 radical (unpaired) electrons. The van der Waals surface area contributed by atoms with Gasteiger partial charge in [-0.2, -0.15) is 0 Å². The molecule has 0 amide bonds. The van der Waals surface area contributed by atoms with E-state index < -0.39 is 11.4 Å². The second-order valence-corrected chi connectivity index (χ2v) is 6.42. The van der Waals surface area contributed by atoms with E-state index in [1.54, 1.807) is 19.4 Å². The lowest BCUT2D eigenvalue weighted by Gasteiger charge is -2.34. The number of nitrogens with zero attached hydrogens (tertiary/aromatic N) is 1. The Labute approximate surface area is 147 Å². The van der Waals surface area contributed by atoms with Gasteiger partial charge >= 0.3 is 5.97 Å². The van der Waals surface area contributed by atoms with E-state index in [0.29, 0.717) is 16.9 Å². The second kappa shape index (κ2) is 6.55. The Hall–Kier alpha value is -2.88. The first-order valence-corrected chi connectivity index (χ1v) is 8.23. The fraction of sp³-hybridized carbons (Fsp3) is 0.238. The largest absolute Gasteiger partial charge is 0.497 e. The van der Waals surface area contributed by atoms with Crippen LogP contribution in [0.4, 0.5) is 0 Å². The molecule has 0 aliphatic carbocycles. The first-order chi connectivity index (χ1) is 12.0. The third kappa shape index (κ3) is 2.74. The number of pyridine rings is 1. The third-order valence-corrected chi connectivity index (χ3v) is 4.77. The highest BCUT2D eigenvalue weighted by Crippen LogP contribution is 2.41. The minimum atomic E-state index is -1.20. The van der Waals surface area contributed by atoms with Gasteiger partial charge in [-0.15, -0.1) is 0 Å². The highest BCUT2D eigenvalue weighted by Gasteiger charge is 2.45. The molecule has 1 atom stereocenters. The maximum Gasteiger partial charge on any atom is 0.318 e. The quantitative estimate of drug-likeness (QED) is 0.756. The molecule has 4 heteroatoms. The molecule has 4 nitrogen and oxygen atoms in total. The van der Waals surface area contributed by atoms with E-state index in [9.17, 15) is 9.90 Å². The van der Waals surface area contributed by atoms with Crippen molar-refractivity contribution >= 4 is 16.9 Å². The Morgan fingerprint density at radius 2 is 1.84 bits per heavy atom. The lowest BCUT2D eigenvalue weighted by Crippen LogP contribution is -2.42. The summed E-state index contributed by atoms with van der Waals surface area (Å²) in [5.74, 6) is -0.439.